The molecule has 1 aromatic rings. The summed E-state index contributed by atoms with van der Waals surface area (Å²) in [5.41, 5.74) is 1.19. The van der Waals surface area contributed by atoms with Gasteiger partial charge in [-0.05, 0) is 71.5 Å². The van der Waals surface area contributed by atoms with E-state index < -0.39 is 30.0 Å². The standard InChI is InChI=1S/C22H34BNO5/c1-20(2,3)27-19(26)24-15-18(23-28-21(4,5)22(6,7)29-23)14-17-11-9-8-10-16(17)12-13-25/h8-11,14,25H,12-13,15H2,1-7H3,(H,24,26). The molecule has 29 heavy (non-hydrogen) atoms. The lowest BCUT2D eigenvalue weighted by molar-refractivity contribution is 0.00578. The Morgan fingerprint density at radius 2 is 1.76 bits per heavy atom. The van der Waals surface area contributed by atoms with Gasteiger partial charge in [0.25, 0.3) is 0 Å². The van der Waals surface area contributed by atoms with Crippen molar-refractivity contribution in [3.8, 4) is 0 Å². The highest BCUT2D eigenvalue weighted by Crippen LogP contribution is 2.38. The van der Waals surface area contributed by atoms with Gasteiger partial charge in [0.15, 0.2) is 0 Å². The van der Waals surface area contributed by atoms with E-state index in [1.165, 1.54) is 0 Å². The SMILES string of the molecule is CC(C)(C)OC(=O)NCC(=Cc1ccccc1CCO)B1OC(C)(C)C(C)(C)O1. The highest BCUT2D eigenvalue weighted by molar-refractivity contribution is 6.56. The Kier molecular flexibility index (Phi) is 7.20. The number of ether oxygens (including phenoxy) is 1. The fourth-order valence-electron chi connectivity index (χ4n) is 2.91. The summed E-state index contributed by atoms with van der Waals surface area (Å²) in [5, 5.41) is 12.2. The molecular weight excluding hydrogens is 369 g/mol. The van der Waals surface area contributed by atoms with Gasteiger partial charge >= 0.3 is 13.2 Å². The lowest BCUT2D eigenvalue weighted by atomic mass is 9.76. The number of hydrogen-bond acceptors (Lipinski definition) is 5. The Morgan fingerprint density at radius 3 is 2.31 bits per heavy atom. The van der Waals surface area contributed by atoms with Crippen LogP contribution in [0.4, 0.5) is 4.79 Å². The van der Waals surface area contributed by atoms with Crippen molar-refractivity contribution < 1.29 is 23.9 Å². The highest BCUT2D eigenvalue weighted by atomic mass is 16.7. The summed E-state index contributed by atoms with van der Waals surface area (Å²) < 4.78 is 17.8. The minimum atomic E-state index is -0.600. The predicted molar refractivity (Wildman–Crippen MR) is 116 cm³/mol. The third-order valence-corrected chi connectivity index (χ3v) is 5.17. The summed E-state index contributed by atoms with van der Waals surface area (Å²) in [4.78, 5) is 12.2. The van der Waals surface area contributed by atoms with Gasteiger partial charge in [-0.25, -0.2) is 4.79 Å². The number of carbonyl (C=O) groups is 1. The first-order valence-electron chi connectivity index (χ1n) is 10.1. The molecule has 0 spiro atoms. The van der Waals surface area contributed by atoms with Crippen molar-refractivity contribution in [3.05, 3.63) is 40.9 Å². The summed E-state index contributed by atoms with van der Waals surface area (Å²) in [6, 6.07) is 7.83. The zero-order valence-electron chi connectivity index (χ0n) is 18.7. The lowest BCUT2D eigenvalue weighted by Crippen LogP contribution is -2.41. The van der Waals surface area contributed by atoms with Gasteiger partial charge in [0.1, 0.15) is 5.60 Å². The Hall–Kier alpha value is -1.83. The zero-order chi connectivity index (χ0) is 21.9. The van der Waals surface area contributed by atoms with Crippen molar-refractivity contribution in [1.82, 2.24) is 5.32 Å². The van der Waals surface area contributed by atoms with Crippen LogP contribution in [0.2, 0.25) is 0 Å². The second-order valence-electron chi connectivity index (χ2n) is 9.34. The molecular formula is C22H34BNO5. The first kappa shape index (κ1) is 23.5. The largest absolute Gasteiger partial charge is 0.492 e. The summed E-state index contributed by atoms with van der Waals surface area (Å²) >= 11 is 0. The van der Waals surface area contributed by atoms with Gasteiger partial charge in [-0.15, -0.1) is 0 Å². The van der Waals surface area contributed by atoms with E-state index in [4.69, 9.17) is 14.0 Å². The number of nitrogens with one attached hydrogen (secondary N) is 1. The molecule has 1 amide bonds. The lowest BCUT2D eigenvalue weighted by Gasteiger charge is -2.32. The fraction of sp³-hybridized carbons (Fsp3) is 0.591. The van der Waals surface area contributed by atoms with Crippen LogP contribution < -0.4 is 5.32 Å². The maximum absolute atomic E-state index is 12.2. The summed E-state index contributed by atoms with van der Waals surface area (Å²) in [7, 11) is -0.600. The van der Waals surface area contributed by atoms with E-state index in [1.54, 1.807) is 0 Å². The zero-order valence-corrected chi connectivity index (χ0v) is 18.7. The van der Waals surface area contributed by atoms with E-state index in [0.717, 1.165) is 16.6 Å². The average Bonchev–Trinajstić information content (AvgIpc) is 2.79. The van der Waals surface area contributed by atoms with Crippen molar-refractivity contribution in [3.63, 3.8) is 0 Å². The number of amides is 1. The number of hydrogen-bond donors (Lipinski definition) is 2. The number of benzene rings is 1. The molecule has 1 aliphatic heterocycles. The second kappa shape index (κ2) is 8.90. The van der Waals surface area contributed by atoms with Gasteiger partial charge in [0.05, 0.1) is 11.2 Å². The van der Waals surface area contributed by atoms with E-state index >= 15 is 0 Å². The van der Waals surface area contributed by atoms with E-state index in [0.29, 0.717) is 6.42 Å². The fourth-order valence-corrected chi connectivity index (χ4v) is 2.91. The van der Waals surface area contributed by atoms with Crippen molar-refractivity contribution in [1.29, 1.82) is 0 Å². The first-order chi connectivity index (χ1) is 13.3. The highest BCUT2D eigenvalue weighted by Gasteiger charge is 2.52. The normalized spacial score (nSPS) is 18.6. The van der Waals surface area contributed by atoms with E-state index in [9.17, 15) is 9.90 Å². The van der Waals surface area contributed by atoms with Crippen molar-refractivity contribution >= 4 is 19.3 Å². The number of aliphatic hydroxyl groups excluding tert-OH is 1. The molecule has 1 fully saturated rings. The van der Waals surface area contributed by atoms with Crippen LogP contribution in [0.25, 0.3) is 6.08 Å². The Bertz CT molecular complexity index is 736. The summed E-state index contributed by atoms with van der Waals surface area (Å²) in [5.74, 6) is 0. The molecule has 2 N–H and O–H groups in total. The Balaban J connectivity index is 2.30. The van der Waals surface area contributed by atoms with E-state index in [2.05, 4.69) is 5.32 Å². The second-order valence-corrected chi connectivity index (χ2v) is 9.34. The third-order valence-electron chi connectivity index (χ3n) is 5.17. The molecule has 1 aromatic carbocycles. The van der Waals surface area contributed by atoms with Gasteiger partial charge in [-0.2, -0.15) is 0 Å². The van der Waals surface area contributed by atoms with Crippen LogP contribution in [0.3, 0.4) is 0 Å². The monoisotopic (exact) mass is 403 g/mol. The molecule has 1 aliphatic rings. The molecule has 6 nitrogen and oxygen atoms in total. The molecule has 0 atom stereocenters. The number of rotatable bonds is 6. The van der Waals surface area contributed by atoms with Gasteiger partial charge in [-0.1, -0.05) is 30.3 Å². The van der Waals surface area contributed by atoms with E-state index in [1.807, 2.05) is 78.8 Å². The smallest absolute Gasteiger partial charge is 0.444 e. The molecule has 0 bridgehead atoms. The molecule has 2 rings (SSSR count). The number of aliphatic hydroxyl groups is 1. The van der Waals surface area contributed by atoms with Gasteiger partial charge < -0.3 is 24.5 Å². The van der Waals surface area contributed by atoms with Crippen LogP contribution >= 0.6 is 0 Å². The van der Waals surface area contributed by atoms with Crippen molar-refractivity contribution in [2.24, 2.45) is 0 Å². The molecule has 0 aliphatic carbocycles. The maximum Gasteiger partial charge on any atom is 0.492 e. The molecule has 0 aromatic heterocycles. The van der Waals surface area contributed by atoms with Gasteiger partial charge in [0, 0.05) is 13.2 Å². The predicted octanol–water partition coefficient (Wildman–Crippen LogP) is 3.76. The van der Waals surface area contributed by atoms with Crippen LogP contribution in [0.15, 0.2) is 29.7 Å². The third kappa shape index (κ3) is 6.33. The topological polar surface area (TPSA) is 77.0 Å². The van der Waals surface area contributed by atoms with E-state index in [-0.39, 0.29) is 13.2 Å². The molecule has 7 heteroatoms. The van der Waals surface area contributed by atoms with Crippen LogP contribution in [-0.2, 0) is 20.5 Å². The number of carbonyl (C=O) groups excluding carboxylic acids is 1. The quantitative estimate of drug-likeness (QED) is 0.708. The number of alkyl carbamates (subject to hydrolysis) is 1. The van der Waals surface area contributed by atoms with Gasteiger partial charge in [0.2, 0.25) is 0 Å². The van der Waals surface area contributed by atoms with Crippen molar-refractivity contribution in [2.45, 2.75) is 71.7 Å². The maximum atomic E-state index is 12.2. The minimum Gasteiger partial charge on any atom is -0.444 e. The molecule has 1 saturated heterocycles. The van der Waals surface area contributed by atoms with Crippen LogP contribution in [0, 0.1) is 0 Å². The Labute approximate surface area is 174 Å². The summed E-state index contributed by atoms with van der Waals surface area (Å²) in [6.45, 7) is 13.7. The average molecular weight is 403 g/mol. The molecule has 0 saturated carbocycles. The summed E-state index contributed by atoms with van der Waals surface area (Å²) in [6.07, 6.45) is 2.01. The minimum absolute atomic E-state index is 0.0623. The van der Waals surface area contributed by atoms with Gasteiger partial charge in [-0.3, -0.25) is 0 Å². The molecule has 0 radical (unpaired) electrons. The molecule has 160 valence electrons. The first-order valence-corrected chi connectivity index (χ1v) is 10.1. The van der Waals surface area contributed by atoms with Crippen molar-refractivity contribution in [2.75, 3.05) is 13.2 Å². The Morgan fingerprint density at radius 1 is 1.17 bits per heavy atom. The van der Waals surface area contributed by atoms with Crippen LogP contribution in [0.1, 0.15) is 59.6 Å². The van der Waals surface area contributed by atoms with Crippen LogP contribution in [0.5, 0.6) is 0 Å². The van der Waals surface area contributed by atoms with Crippen LogP contribution in [-0.4, -0.2) is 48.3 Å². The molecule has 1 heterocycles. The molecule has 0 unspecified atom stereocenters.